The number of primary sulfonamides is 1. The molecule has 0 radical (unpaired) electrons. The quantitative estimate of drug-likeness (QED) is 0.428. The van der Waals surface area contributed by atoms with E-state index in [1.807, 2.05) is 31.4 Å². The number of thiophene rings is 1. The van der Waals surface area contributed by atoms with Crippen molar-refractivity contribution in [3.8, 4) is 0 Å². The van der Waals surface area contributed by atoms with E-state index < -0.39 is 20.5 Å². The molecule has 1 aromatic heterocycles. The first-order valence-corrected chi connectivity index (χ1v) is 10.3. The van der Waals surface area contributed by atoms with E-state index in [2.05, 4.69) is 5.32 Å². The minimum atomic E-state index is -3.99. The third kappa shape index (κ3) is 4.94. The van der Waals surface area contributed by atoms with Gasteiger partial charge >= 0.3 is 0 Å². The highest BCUT2D eigenvalue weighted by Crippen LogP contribution is 2.32. The molecule has 2 rings (SSSR count). The summed E-state index contributed by atoms with van der Waals surface area (Å²) in [7, 11) is -3.99. The van der Waals surface area contributed by atoms with Crippen molar-refractivity contribution in [2.24, 2.45) is 5.14 Å². The van der Waals surface area contributed by atoms with Crippen LogP contribution in [0.5, 0.6) is 0 Å². The molecule has 0 amide bonds. The number of hydrogen-bond donors (Lipinski definition) is 2. The molecule has 0 unspecified atom stereocenters. The lowest BCUT2D eigenvalue weighted by Crippen LogP contribution is -2.34. The number of anilines is 1. The fourth-order valence-corrected chi connectivity index (χ4v) is 4.29. The van der Waals surface area contributed by atoms with Gasteiger partial charge in [-0.25, -0.2) is 13.6 Å². The smallest absolute Gasteiger partial charge is 0.293 e. The molecule has 1 aromatic carbocycles. The van der Waals surface area contributed by atoms with E-state index in [1.165, 1.54) is 12.1 Å². The van der Waals surface area contributed by atoms with Crippen LogP contribution in [0, 0.1) is 10.1 Å². The van der Waals surface area contributed by atoms with Gasteiger partial charge in [0.1, 0.15) is 5.69 Å². The van der Waals surface area contributed by atoms with Gasteiger partial charge in [-0.15, -0.1) is 23.1 Å². The third-order valence-corrected chi connectivity index (χ3v) is 6.54. The van der Waals surface area contributed by atoms with Crippen LogP contribution in [-0.4, -0.2) is 24.6 Å². The summed E-state index contributed by atoms with van der Waals surface area (Å²) in [5.41, 5.74) is -0.511. The number of hydrogen-bond acceptors (Lipinski definition) is 7. The number of benzene rings is 1. The number of nitrogens with two attached hydrogens (primary N) is 1. The topological polar surface area (TPSA) is 115 Å². The van der Waals surface area contributed by atoms with Gasteiger partial charge in [-0.2, -0.15) is 0 Å². The second-order valence-corrected chi connectivity index (χ2v) is 9.50. The fourth-order valence-electron chi connectivity index (χ4n) is 1.94. The van der Waals surface area contributed by atoms with Gasteiger partial charge in [-0.05, 0) is 37.4 Å². The molecule has 24 heavy (non-hydrogen) atoms. The first kappa shape index (κ1) is 18.7. The van der Waals surface area contributed by atoms with Crippen molar-refractivity contribution in [2.45, 2.75) is 28.5 Å². The highest BCUT2D eigenvalue weighted by Gasteiger charge is 2.25. The maximum Gasteiger partial charge on any atom is 0.293 e. The molecule has 2 aromatic rings. The number of nitro groups is 1. The summed E-state index contributed by atoms with van der Waals surface area (Å²) in [4.78, 5) is 10.3. The average Bonchev–Trinajstić information content (AvgIpc) is 2.97. The largest absolute Gasteiger partial charge is 0.374 e. The number of nitro benzene ring substituents is 1. The number of nitrogens with zero attached hydrogens (tertiary/aromatic N) is 1. The van der Waals surface area contributed by atoms with Crippen LogP contribution in [0.3, 0.4) is 0 Å². The van der Waals surface area contributed by atoms with E-state index in [4.69, 9.17) is 5.14 Å². The lowest BCUT2D eigenvalue weighted by Gasteiger charge is -2.27. The molecule has 0 aliphatic carbocycles. The number of rotatable bonds is 7. The molecule has 0 saturated carbocycles. The lowest BCUT2D eigenvalue weighted by atomic mass is 10.1. The van der Waals surface area contributed by atoms with E-state index in [9.17, 15) is 18.5 Å². The molecule has 0 atom stereocenters. The first-order valence-electron chi connectivity index (χ1n) is 6.84. The molecule has 0 saturated heterocycles. The van der Waals surface area contributed by atoms with Gasteiger partial charge in [0.05, 0.1) is 14.0 Å². The molecule has 0 fully saturated rings. The van der Waals surface area contributed by atoms with Crippen LogP contribution in [0.2, 0.25) is 0 Å². The zero-order valence-corrected chi connectivity index (χ0v) is 15.5. The molecule has 3 N–H and O–H groups in total. The maximum absolute atomic E-state index is 11.4. The fraction of sp³-hybridized carbons (Fsp3) is 0.286. The van der Waals surface area contributed by atoms with Gasteiger partial charge < -0.3 is 5.32 Å². The van der Waals surface area contributed by atoms with Crippen molar-refractivity contribution >= 4 is 44.5 Å². The van der Waals surface area contributed by atoms with Crippen molar-refractivity contribution in [2.75, 3.05) is 11.1 Å². The maximum atomic E-state index is 11.4. The summed E-state index contributed by atoms with van der Waals surface area (Å²) >= 11 is 3.27. The molecule has 130 valence electrons. The van der Waals surface area contributed by atoms with Crippen molar-refractivity contribution in [3.05, 3.63) is 45.8 Å². The van der Waals surface area contributed by atoms with E-state index in [0.29, 0.717) is 5.75 Å². The molecule has 0 aliphatic heterocycles. The van der Waals surface area contributed by atoms with E-state index in [-0.39, 0.29) is 16.3 Å². The van der Waals surface area contributed by atoms with E-state index >= 15 is 0 Å². The van der Waals surface area contributed by atoms with Gasteiger partial charge in [-0.3, -0.25) is 10.1 Å². The Bertz CT molecular complexity index is 833. The van der Waals surface area contributed by atoms with Crippen LogP contribution in [-0.2, 0) is 10.0 Å². The van der Waals surface area contributed by atoms with Crippen molar-refractivity contribution in [3.63, 3.8) is 0 Å². The predicted octanol–water partition coefficient (Wildman–Crippen LogP) is 3.29. The van der Waals surface area contributed by atoms with E-state index in [0.717, 1.165) is 10.3 Å². The Labute approximate surface area is 148 Å². The zero-order valence-electron chi connectivity index (χ0n) is 13.1. The summed E-state index contributed by atoms with van der Waals surface area (Å²) in [5, 5.41) is 21.4. The molecule has 10 heteroatoms. The third-order valence-electron chi connectivity index (χ3n) is 3.04. The zero-order chi connectivity index (χ0) is 18.0. The van der Waals surface area contributed by atoms with Gasteiger partial charge in [0.2, 0.25) is 10.0 Å². The Hall–Kier alpha value is -1.62. The molecule has 0 spiro atoms. The monoisotopic (exact) mass is 387 g/mol. The Balaban J connectivity index is 2.22. The number of sulfonamides is 1. The molecule has 1 heterocycles. The Morgan fingerprint density at radius 2 is 2.08 bits per heavy atom. The molecular formula is C14H17N3O4S3. The molecule has 0 bridgehead atoms. The van der Waals surface area contributed by atoms with Gasteiger partial charge in [0.15, 0.2) is 0 Å². The summed E-state index contributed by atoms with van der Waals surface area (Å²) in [6, 6.07) is 7.57. The predicted molar refractivity (Wildman–Crippen MR) is 97.2 cm³/mol. The minimum Gasteiger partial charge on any atom is -0.374 e. The standard InChI is InChI=1S/C14H17N3O4S3/c1-14(2,9-23-13-4-3-7-22-13)16-11-6-5-10(24(15,20)21)8-12(11)17(18)19/h3-8,16H,9H2,1-2H3,(H2,15,20,21). The van der Waals surface area contributed by atoms with Crippen LogP contribution in [0.25, 0.3) is 0 Å². The summed E-state index contributed by atoms with van der Waals surface area (Å²) in [6.07, 6.45) is 0. The Kier molecular flexibility index (Phi) is 5.53. The summed E-state index contributed by atoms with van der Waals surface area (Å²) in [6.45, 7) is 3.84. The molecule has 7 nitrogen and oxygen atoms in total. The highest BCUT2D eigenvalue weighted by atomic mass is 32.2. The van der Waals surface area contributed by atoms with Crippen molar-refractivity contribution < 1.29 is 13.3 Å². The second kappa shape index (κ2) is 7.09. The van der Waals surface area contributed by atoms with Crippen LogP contribution in [0.4, 0.5) is 11.4 Å². The number of thioether (sulfide) groups is 1. The summed E-state index contributed by atoms with van der Waals surface area (Å²) in [5.74, 6) is 0.682. The second-order valence-electron chi connectivity index (χ2n) is 5.71. The van der Waals surface area contributed by atoms with Crippen LogP contribution in [0.15, 0.2) is 44.8 Å². The molecule has 0 aliphatic rings. The average molecular weight is 388 g/mol. The van der Waals surface area contributed by atoms with Gasteiger partial charge in [0, 0.05) is 17.4 Å². The SMILES string of the molecule is CC(C)(CSc1cccs1)Nc1ccc(S(N)(=O)=O)cc1[N+](=O)[O-]. The van der Waals surface area contributed by atoms with Crippen molar-refractivity contribution in [1.82, 2.24) is 0 Å². The van der Waals surface area contributed by atoms with E-state index in [1.54, 1.807) is 23.1 Å². The molecular weight excluding hydrogens is 370 g/mol. The van der Waals surface area contributed by atoms with Crippen LogP contribution in [0.1, 0.15) is 13.8 Å². The summed E-state index contributed by atoms with van der Waals surface area (Å²) < 4.78 is 23.9. The number of nitrogens with one attached hydrogen (secondary N) is 1. The highest BCUT2D eigenvalue weighted by molar-refractivity contribution is 8.01. The van der Waals surface area contributed by atoms with Crippen LogP contribution < -0.4 is 10.5 Å². The first-order chi connectivity index (χ1) is 11.1. The van der Waals surface area contributed by atoms with Crippen molar-refractivity contribution in [1.29, 1.82) is 0 Å². The van der Waals surface area contributed by atoms with Gasteiger partial charge in [0.25, 0.3) is 5.69 Å². The van der Waals surface area contributed by atoms with Gasteiger partial charge in [-0.1, -0.05) is 6.07 Å². The normalized spacial score (nSPS) is 12.1. The van der Waals surface area contributed by atoms with Crippen LogP contribution >= 0.6 is 23.1 Å². The lowest BCUT2D eigenvalue weighted by molar-refractivity contribution is -0.384. The Morgan fingerprint density at radius 1 is 1.38 bits per heavy atom. The Morgan fingerprint density at radius 3 is 2.62 bits per heavy atom. The minimum absolute atomic E-state index is 0.254.